The van der Waals surface area contributed by atoms with E-state index in [-0.39, 0.29) is 23.1 Å². The Labute approximate surface area is 119 Å². The van der Waals surface area contributed by atoms with Gasteiger partial charge in [-0.2, -0.15) is 0 Å². The SMILES string of the molecule is COC1=C(OC)C(=O)C(CC2CCCNC2)=C(C)C1=O. The fraction of sp³-hybridized carbons (Fsp3) is 0.600. The first-order chi connectivity index (χ1) is 9.60. The van der Waals surface area contributed by atoms with E-state index < -0.39 is 0 Å². The summed E-state index contributed by atoms with van der Waals surface area (Å²) in [6.07, 6.45) is 2.80. The maximum absolute atomic E-state index is 12.5. The Morgan fingerprint density at radius 2 is 1.80 bits per heavy atom. The van der Waals surface area contributed by atoms with Gasteiger partial charge < -0.3 is 14.8 Å². The second kappa shape index (κ2) is 6.22. The van der Waals surface area contributed by atoms with E-state index >= 15 is 0 Å². The molecule has 1 unspecified atom stereocenters. The van der Waals surface area contributed by atoms with Crippen LogP contribution in [0.25, 0.3) is 0 Å². The first-order valence-corrected chi connectivity index (χ1v) is 6.92. The number of ketones is 2. The van der Waals surface area contributed by atoms with Crippen LogP contribution in [0.1, 0.15) is 26.2 Å². The molecule has 0 aromatic carbocycles. The molecule has 1 atom stereocenters. The first-order valence-electron chi connectivity index (χ1n) is 6.92. The van der Waals surface area contributed by atoms with Gasteiger partial charge in [-0.15, -0.1) is 0 Å². The van der Waals surface area contributed by atoms with Gasteiger partial charge in [0.05, 0.1) is 14.2 Å². The quantitative estimate of drug-likeness (QED) is 0.787. The molecule has 110 valence electrons. The van der Waals surface area contributed by atoms with Crippen molar-refractivity contribution in [3.63, 3.8) is 0 Å². The Morgan fingerprint density at radius 1 is 1.15 bits per heavy atom. The molecule has 2 aliphatic rings. The lowest BCUT2D eigenvalue weighted by Crippen LogP contribution is -2.32. The second-order valence-corrected chi connectivity index (χ2v) is 5.24. The lowest BCUT2D eigenvalue weighted by atomic mass is 9.84. The summed E-state index contributed by atoms with van der Waals surface area (Å²) in [6.45, 7) is 3.61. The van der Waals surface area contributed by atoms with E-state index in [1.54, 1.807) is 6.92 Å². The molecular weight excluding hydrogens is 258 g/mol. The van der Waals surface area contributed by atoms with Gasteiger partial charge in [0.2, 0.25) is 23.1 Å². The van der Waals surface area contributed by atoms with Crippen molar-refractivity contribution in [1.29, 1.82) is 0 Å². The van der Waals surface area contributed by atoms with Crippen molar-refractivity contribution in [1.82, 2.24) is 5.32 Å². The fourth-order valence-electron chi connectivity index (χ4n) is 2.82. The summed E-state index contributed by atoms with van der Waals surface area (Å²) in [4.78, 5) is 24.7. The van der Waals surface area contributed by atoms with E-state index in [1.807, 2.05) is 0 Å². The minimum absolute atomic E-state index is 0.0144. The Balaban J connectivity index is 2.26. The van der Waals surface area contributed by atoms with Gasteiger partial charge in [0.15, 0.2) is 0 Å². The van der Waals surface area contributed by atoms with Gasteiger partial charge in [0.1, 0.15) is 0 Å². The zero-order chi connectivity index (χ0) is 14.7. The third-order valence-corrected chi connectivity index (χ3v) is 3.99. The molecule has 0 amide bonds. The number of carbonyl (C=O) groups is 2. The smallest absolute Gasteiger partial charge is 0.228 e. The highest BCUT2D eigenvalue weighted by atomic mass is 16.5. The number of hydrogen-bond donors (Lipinski definition) is 1. The van der Waals surface area contributed by atoms with E-state index in [1.165, 1.54) is 14.2 Å². The molecule has 0 spiro atoms. The highest BCUT2D eigenvalue weighted by Gasteiger charge is 2.35. The summed E-state index contributed by atoms with van der Waals surface area (Å²) < 4.78 is 10.1. The molecule has 1 saturated heterocycles. The molecule has 0 aromatic heterocycles. The average Bonchev–Trinajstić information content (AvgIpc) is 2.48. The largest absolute Gasteiger partial charge is 0.489 e. The van der Waals surface area contributed by atoms with Gasteiger partial charge in [0.25, 0.3) is 0 Å². The Hall–Kier alpha value is -1.62. The Morgan fingerprint density at radius 3 is 2.35 bits per heavy atom. The van der Waals surface area contributed by atoms with Crippen molar-refractivity contribution in [3.8, 4) is 0 Å². The monoisotopic (exact) mass is 279 g/mol. The highest BCUT2D eigenvalue weighted by Crippen LogP contribution is 2.30. The number of carbonyl (C=O) groups excluding carboxylic acids is 2. The molecule has 0 radical (unpaired) electrons. The minimum atomic E-state index is -0.247. The van der Waals surface area contributed by atoms with Crippen LogP contribution >= 0.6 is 0 Å². The van der Waals surface area contributed by atoms with Gasteiger partial charge in [-0.25, -0.2) is 0 Å². The molecule has 1 aliphatic heterocycles. The Kier molecular flexibility index (Phi) is 4.60. The van der Waals surface area contributed by atoms with E-state index in [0.29, 0.717) is 23.5 Å². The zero-order valence-electron chi connectivity index (χ0n) is 12.2. The standard InChI is InChI=1S/C15H21NO4/c1-9-11(7-10-5-4-6-16-8-10)13(18)15(20-3)14(19-2)12(9)17/h10,16H,4-8H2,1-3H3. The van der Waals surface area contributed by atoms with E-state index in [0.717, 1.165) is 25.9 Å². The maximum Gasteiger partial charge on any atom is 0.228 e. The summed E-state index contributed by atoms with van der Waals surface area (Å²) in [5, 5.41) is 3.32. The maximum atomic E-state index is 12.5. The molecule has 2 rings (SSSR count). The highest BCUT2D eigenvalue weighted by molar-refractivity contribution is 6.23. The summed E-state index contributed by atoms with van der Waals surface area (Å²) in [5.74, 6) is -0.0234. The first kappa shape index (κ1) is 14.8. The van der Waals surface area contributed by atoms with Crippen molar-refractivity contribution in [3.05, 3.63) is 22.7 Å². The number of ether oxygens (including phenoxy) is 2. The predicted molar refractivity (Wildman–Crippen MR) is 74.0 cm³/mol. The van der Waals surface area contributed by atoms with Gasteiger partial charge in [-0.05, 0) is 45.2 Å². The van der Waals surface area contributed by atoms with Crippen LogP contribution < -0.4 is 5.32 Å². The van der Waals surface area contributed by atoms with Crippen molar-refractivity contribution in [2.24, 2.45) is 5.92 Å². The van der Waals surface area contributed by atoms with Crippen LogP contribution in [0.15, 0.2) is 22.7 Å². The van der Waals surface area contributed by atoms with E-state index in [9.17, 15) is 9.59 Å². The number of allylic oxidation sites excluding steroid dienone is 2. The molecule has 0 bridgehead atoms. The van der Waals surface area contributed by atoms with Crippen LogP contribution in [0.2, 0.25) is 0 Å². The van der Waals surface area contributed by atoms with Gasteiger partial charge in [0, 0.05) is 11.1 Å². The van der Waals surface area contributed by atoms with Gasteiger partial charge in [-0.3, -0.25) is 9.59 Å². The number of hydrogen-bond acceptors (Lipinski definition) is 5. The molecule has 1 N–H and O–H groups in total. The summed E-state index contributed by atoms with van der Waals surface area (Å²) in [6, 6.07) is 0. The molecule has 5 heteroatoms. The van der Waals surface area contributed by atoms with Crippen LogP contribution in [0.5, 0.6) is 0 Å². The number of piperidine rings is 1. The molecule has 5 nitrogen and oxygen atoms in total. The predicted octanol–water partition coefficient (Wildman–Crippen LogP) is 1.35. The number of nitrogens with one attached hydrogen (secondary N) is 1. The number of methoxy groups -OCH3 is 2. The zero-order valence-corrected chi connectivity index (χ0v) is 12.2. The van der Waals surface area contributed by atoms with Crippen LogP contribution in [-0.4, -0.2) is 38.9 Å². The normalized spacial score (nSPS) is 24.2. The lowest BCUT2D eigenvalue weighted by molar-refractivity contribution is -0.121. The summed E-state index contributed by atoms with van der Waals surface area (Å²) in [5.41, 5.74) is 1.06. The number of rotatable bonds is 4. The Bertz CT molecular complexity index is 484. The third kappa shape index (κ3) is 2.63. The second-order valence-electron chi connectivity index (χ2n) is 5.24. The topological polar surface area (TPSA) is 64.6 Å². The fourth-order valence-corrected chi connectivity index (χ4v) is 2.82. The number of Topliss-reactive ketones (excluding diaryl/α,β-unsaturated/α-hetero) is 2. The van der Waals surface area contributed by atoms with Crippen molar-refractivity contribution >= 4 is 11.6 Å². The minimum Gasteiger partial charge on any atom is -0.489 e. The van der Waals surface area contributed by atoms with Crippen LogP contribution in [0.4, 0.5) is 0 Å². The lowest BCUT2D eigenvalue weighted by Gasteiger charge is -2.26. The van der Waals surface area contributed by atoms with Crippen LogP contribution in [-0.2, 0) is 19.1 Å². The van der Waals surface area contributed by atoms with E-state index in [4.69, 9.17) is 9.47 Å². The molecule has 20 heavy (non-hydrogen) atoms. The van der Waals surface area contributed by atoms with Crippen molar-refractivity contribution < 1.29 is 19.1 Å². The summed E-state index contributed by atoms with van der Waals surface area (Å²) >= 11 is 0. The van der Waals surface area contributed by atoms with Crippen LogP contribution in [0.3, 0.4) is 0 Å². The average molecular weight is 279 g/mol. The van der Waals surface area contributed by atoms with Gasteiger partial charge >= 0.3 is 0 Å². The third-order valence-electron chi connectivity index (χ3n) is 3.99. The molecule has 0 saturated carbocycles. The van der Waals surface area contributed by atoms with Gasteiger partial charge in [-0.1, -0.05) is 0 Å². The molecule has 1 heterocycles. The molecular formula is C15H21NO4. The molecule has 0 aromatic rings. The van der Waals surface area contributed by atoms with Crippen molar-refractivity contribution in [2.45, 2.75) is 26.2 Å². The van der Waals surface area contributed by atoms with E-state index in [2.05, 4.69) is 5.32 Å². The molecule has 1 fully saturated rings. The van der Waals surface area contributed by atoms with Crippen molar-refractivity contribution in [2.75, 3.05) is 27.3 Å². The molecule has 1 aliphatic carbocycles. The van der Waals surface area contributed by atoms with Crippen LogP contribution in [0, 0.1) is 5.92 Å². The summed E-state index contributed by atoms with van der Waals surface area (Å²) in [7, 11) is 2.77.